The normalized spacial score (nSPS) is 16.1. The fourth-order valence-corrected chi connectivity index (χ4v) is 3.11. The molecule has 0 aliphatic carbocycles. The first kappa shape index (κ1) is 18.0. The molecule has 5 nitrogen and oxygen atoms in total. The van der Waals surface area contributed by atoms with Crippen molar-refractivity contribution in [1.82, 2.24) is 15.1 Å². The average molecular weight is 362 g/mol. The van der Waals surface area contributed by atoms with Crippen LogP contribution in [0, 0.1) is 0 Å². The molecule has 1 amide bonds. The molecule has 0 spiro atoms. The Kier molecular flexibility index (Phi) is 6.13. The third-order valence-corrected chi connectivity index (χ3v) is 4.84. The highest BCUT2D eigenvalue weighted by Crippen LogP contribution is 2.28. The van der Waals surface area contributed by atoms with Crippen LogP contribution >= 0.6 is 11.6 Å². The molecule has 1 aliphatic rings. The number of halogens is 1. The first-order chi connectivity index (χ1) is 12.1. The van der Waals surface area contributed by atoms with Gasteiger partial charge in [-0.15, -0.1) is 0 Å². The summed E-state index contributed by atoms with van der Waals surface area (Å²) in [5, 5.41) is 3.58. The lowest BCUT2D eigenvalue weighted by Crippen LogP contribution is -2.45. The van der Waals surface area contributed by atoms with Crippen molar-refractivity contribution >= 4 is 17.5 Å². The summed E-state index contributed by atoms with van der Waals surface area (Å²) in [5.41, 5.74) is 0.858. The Morgan fingerprint density at radius 1 is 1.16 bits per heavy atom. The molecule has 3 rings (SSSR count). The predicted octanol–water partition coefficient (Wildman–Crippen LogP) is 2.85. The molecule has 0 bridgehead atoms. The second-order valence-corrected chi connectivity index (χ2v) is 6.82. The molecule has 1 aromatic carbocycles. The zero-order valence-electron chi connectivity index (χ0n) is 14.5. The van der Waals surface area contributed by atoms with Gasteiger partial charge in [-0.1, -0.05) is 23.7 Å². The van der Waals surface area contributed by atoms with Crippen LogP contribution in [0.5, 0.6) is 0 Å². The van der Waals surface area contributed by atoms with Crippen LogP contribution in [-0.2, 0) is 11.3 Å². The number of piperazine rings is 1. The van der Waals surface area contributed by atoms with Crippen molar-refractivity contribution in [2.75, 3.05) is 39.8 Å². The van der Waals surface area contributed by atoms with E-state index < -0.39 is 0 Å². The van der Waals surface area contributed by atoms with Gasteiger partial charge in [-0.05, 0) is 31.3 Å². The van der Waals surface area contributed by atoms with E-state index in [-0.39, 0.29) is 5.91 Å². The second-order valence-electron chi connectivity index (χ2n) is 6.42. The third kappa shape index (κ3) is 5.08. The van der Waals surface area contributed by atoms with Crippen molar-refractivity contribution in [1.29, 1.82) is 0 Å². The molecule has 0 unspecified atom stereocenters. The van der Waals surface area contributed by atoms with Gasteiger partial charge in [-0.3, -0.25) is 4.79 Å². The monoisotopic (exact) mass is 361 g/mol. The molecule has 1 aliphatic heterocycles. The summed E-state index contributed by atoms with van der Waals surface area (Å²) in [7, 11) is 2.13. The maximum Gasteiger partial charge on any atom is 0.221 e. The van der Waals surface area contributed by atoms with Crippen LogP contribution in [0.3, 0.4) is 0 Å². The van der Waals surface area contributed by atoms with Gasteiger partial charge in [0.1, 0.15) is 11.5 Å². The lowest BCUT2D eigenvalue weighted by Gasteiger charge is -2.32. The van der Waals surface area contributed by atoms with Crippen molar-refractivity contribution in [3.05, 3.63) is 47.2 Å². The molecule has 1 aromatic heterocycles. The third-order valence-electron chi connectivity index (χ3n) is 4.51. The van der Waals surface area contributed by atoms with E-state index in [2.05, 4.69) is 22.2 Å². The standard InChI is InChI=1S/C19H24ClN3O2/c1-22-10-12-23(13-11-22)9-8-19(24)21-14-15-6-7-18(25-15)16-4-2-3-5-17(16)20/h2-7H,8-14H2,1H3,(H,21,24). The Morgan fingerprint density at radius 3 is 2.68 bits per heavy atom. The number of furan rings is 1. The molecule has 25 heavy (non-hydrogen) atoms. The zero-order valence-corrected chi connectivity index (χ0v) is 15.3. The van der Waals surface area contributed by atoms with Crippen LogP contribution in [0.1, 0.15) is 12.2 Å². The van der Waals surface area contributed by atoms with E-state index in [1.165, 1.54) is 0 Å². The number of hydrogen-bond acceptors (Lipinski definition) is 4. The van der Waals surface area contributed by atoms with E-state index >= 15 is 0 Å². The number of carbonyl (C=O) groups excluding carboxylic acids is 1. The van der Waals surface area contributed by atoms with E-state index in [1.807, 2.05) is 36.4 Å². The van der Waals surface area contributed by atoms with Crippen molar-refractivity contribution in [3.8, 4) is 11.3 Å². The van der Waals surface area contributed by atoms with Gasteiger partial charge in [0.15, 0.2) is 0 Å². The van der Waals surface area contributed by atoms with Gasteiger partial charge in [0.05, 0.1) is 11.6 Å². The van der Waals surface area contributed by atoms with Crippen LogP contribution in [-0.4, -0.2) is 55.5 Å². The lowest BCUT2D eigenvalue weighted by atomic mass is 10.2. The van der Waals surface area contributed by atoms with Crippen LogP contribution in [0.4, 0.5) is 0 Å². The highest BCUT2D eigenvalue weighted by atomic mass is 35.5. The summed E-state index contributed by atoms with van der Waals surface area (Å²) < 4.78 is 5.79. The van der Waals surface area contributed by atoms with E-state index in [9.17, 15) is 4.79 Å². The van der Waals surface area contributed by atoms with Crippen molar-refractivity contribution in [2.45, 2.75) is 13.0 Å². The number of carbonyl (C=O) groups is 1. The molecule has 0 saturated carbocycles. The van der Waals surface area contributed by atoms with Crippen LogP contribution in [0.25, 0.3) is 11.3 Å². The molecule has 1 N–H and O–H groups in total. The Labute approximate surface area is 153 Å². The van der Waals surface area contributed by atoms with Crippen molar-refractivity contribution in [3.63, 3.8) is 0 Å². The maximum absolute atomic E-state index is 12.0. The zero-order chi connectivity index (χ0) is 17.6. The minimum atomic E-state index is 0.0506. The van der Waals surface area contributed by atoms with E-state index in [4.69, 9.17) is 16.0 Å². The van der Waals surface area contributed by atoms with Crippen molar-refractivity contribution < 1.29 is 9.21 Å². The molecule has 0 atom stereocenters. The van der Waals surface area contributed by atoms with Gasteiger partial charge in [0.2, 0.25) is 5.91 Å². The molecule has 2 heterocycles. The molecule has 6 heteroatoms. The molecular formula is C19H24ClN3O2. The fraction of sp³-hybridized carbons (Fsp3) is 0.421. The fourth-order valence-electron chi connectivity index (χ4n) is 2.88. The van der Waals surface area contributed by atoms with Gasteiger partial charge >= 0.3 is 0 Å². The molecular weight excluding hydrogens is 338 g/mol. The molecule has 2 aromatic rings. The smallest absolute Gasteiger partial charge is 0.221 e. The number of nitrogens with zero attached hydrogens (tertiary/aromatic N) is 2. The summed E-state index contributed by atoms with van der Waals surface area (Å²) in [6.45, 7) is 5.40. The van der Waals surface area contributed by atoms with Gasteiger partial charge in [-0.25, -0.2) is 0 Å². The predicted molar refractivity (Wildman–Crippen MR) is 99.6 cm³/mol. The highest BCUT2D eigenvalue weighted by Gasteiger charge is 2.15. The van der Waals surface area contributed by atoms with Crippen molar-refractivity contribution in [2.24, 2.45) is 0 Å². The largest absolute Gasteiger partial charge is 0.459 e. The van der Waals surface area contributed by atoms with E-state index in [0.717, 1.165) is 44.0 Å². The van der Waals surface area contributed by atoms with Gasteiger partial charge in [0, 0.05) is 44.7 Å². The summed E-state index contributed by atoms with van der Waals surface area (Å²) >= 11 is 6.18. The molecule has 0 radical (unpaired) electrons. The number of rotatable bonds is 6. The molecule has 134 valence electrons. The first-order valence-electron chi connectivity index (χ1n) is 8.63. The number of benzene rings is 1. The van der Waals surface area contributed by atoms with Crippen LogP contribution < -0.4 is 5.32 Å². The Balaban J connectivity index is 1.44. The number of hydrogen-bond donors (Lipinski definition) is 1. The second kappa shape index (κ2) is 8.52. The SMILES string of the molecule is CN1CCN(CCC(=O)NCc2ccc(-c3ccccc3Cl)o2)CC1. The summed E-state index contributed by atoms with van der Waals surface area (Å²) in [6, 6.07) is 11.3. The Hall–Kier alpha value is -1.82. The number of amides is 1. The average Bonchev–Trinajstić information content (AvgIpc) is 3.08. The Morgan fingerprint density at radius 2 is 1.92 bits per heavy atom. The molecule has 1 fully saturated rings. The van der Waals surface area contributed by atoms with Gasteiger partial charge in [-0.2, -0.15) is 0 Å². The van der Waals surface area contributed by atoms with Gasteiger partial charge < -0.3 is 19.5 Å². The summed E-state index contributed by atoms with van der Waals surface area (Å²) in [6.07, 6.45) is 0.516. The van der Waals surface area contributed by atoms with Crippen LogP contribution in [0.2, 0.25) is 5.02 Å². The lowest BCUT2D eigenvalue weighted by molar-refractivity contribution is -0.121. The first-order valence-corrected chi connectivity index (χ1v) is 9.01. The van der Waals surface area contributed by atoms with Gasteiger partial charge in [0.25, 0.3) is 0 Å². The molecule has 1 saturated heterocycles. The minimum absolute atomic E-state index is 0.0506. The summed E-state index contributed by atoms with van der Waals surface area (Å²) in [5.74, 6) is 1.49. The topological polar surface area (TPSA) is 48.7 Å². The minimum Gasteiger partial charge on any atom is -0.459 e. The van der Waals surface area contributed by atoms with Crippen LogP contribution in [0.15, 0.2) is 40.8 Å². The number of likely N-dealkylation sites (N-methyl/N-ethyl adjacent to an activating group) is 1. The highest BCUT2D eigenvalue weighted by molar-refractivity contribution is 6.33. The Bertz CT molecular complexity index is 708. The van der Waals surface area contributed by atoms with E-state index in [0.29, 0.717) is 23.7 Å². The maximum atomic E-state index is 12.0. The van der Waals surface area contributed by atoms with E-state index in [1.54, 1.807) is 0 Å². The quantitative estimate of drug-likeness (QED) is 0.859. The number of nitrogens with one attached hydrogen (secondary N) is 1. The summed E-state index contributed by atoms with van der Waals surface area (Å²) in [4.78, 5) is 16.7.